The molecule has 1 aromatic heterocycles. The maximum atomic E-state index is 12.3. The average Bonchev–Trinajstić information content (AvgIpc) is 3.35. The summed E-state index contributed by atoms with van der Waals surface area (Å²) in [6.45, 7) is 0. The molecule has 1 aliphatic heterocycles. The number of carbonyl (C=O) groups excluding carboxylic acids is 1. The fraction of sp³-hybridized carbons (Fsp3) is 0.0476. The van der Waals surface area contributed by atoms with E-state index in [1.165, 1.54) is 18.2 Å². The summed E-state index contributed by atoms with van der Waals surface area (Å²) >= 11 is 7.33. The first-order valence-electron chi connectivity index (χ1n) is 8.91. The van der Waals surface area contributed by atoms with Crippen LogP contribution in [0.4, 0.5) is 11.4 Å². The third-order valence-electron chi connectivity index (χ3n) is 4.28. The van der Waals surface area contributed by atoms with Gasteiger partial charge in [-0.2, -0.15) is 0 Å². The summed E-state index contributed by atoms with van der Waals surface area (Å²) in [5, 5.41) is 14.5. The summed E-state index contributed by atoms with van der Waals surface area (Å²) in [7, 11) is 1.55. The number of para-hydroxylation sites is 2. The van der Waals surface area contributed by atoms with Crippen molar-refractivity contribution in [3.63, 3.8) is 0 Å². The lowest BCUT2D eigenvalue weighted by Crippen LogP contribution is -2.19. The number of hydrogen-bond donors (Lipinski definition) is 1. The van der Waals surface area contributed by atoms with E-state index in [2.05, 4.69) is 10.3 Å². The first kappa shape index (κ1) is 20.7. The number of methoxy groups -OCH3 is 1. The normalized spacial score (nSPS) is 16.0. The fourth-order valence-corrected chi connectivity index (χ4v) is 3.86. The van der Waals surface area contributed by atoms with Crippen LogP contribution in [0.15, 0.2) is 68.9 Å². The molecule has 1 aliphatic rings. The summed E-state index contributed by atoms with van der Waals surface area (Å²) < 4.78 is 11.0. The number of nitrogens with zero attached hydrogens (tertiary/aromatic N) is 2. The minimum atomic E-state index is -0.506. The largest absolute Gasteiger partial charge is 0.494 e. The molecule has 0 atom stereocenters. The molecule has 8 nitrogen and oxygen atoms in total. The van der Waals surface area contributed by atoms with Gasteiger partial charge in [-0.15, -0.1) is 0 Å². The van der Waals surface area contributed by atoms with Crippen LogP contribution in [0.5, 0.6) is 5.75 Å². The molecule has 156 valence electrons. The van der Waals surface area contributed by atoms with E-state index < -0.39 is 4.92 Å². The van der Waals surface area contributed by atoms with Crippen LogP contribution in [0.2, 0.25) is 5.02 Å². The number of nitro groups is 1. The number of rotatable bonds is 5. The van der Waals surface area contributed by atoms with Gasteiger partial charge in [-0.3, -0.25) is 14.9 Å². The number of hydrogen-bond acceptors (Lipinski definition) is 7. The number of halogens is 1. The van der Waals surface area contributed by atoms with Gasteiger partial charge in [0, 0.05) is 23.8 Å². The van der Waals surface area contributed by atoms with Crippen LogP contribution in [0.25, 0.3) is 17.4 Å². The van der Waals surface area contributed by atoms with Gasteiger partial charge in [-0.25, -0.2) is 4.99 Å². The monoisotopic (exact) mass is 455 g/mol. The molecule has 0 spiro atoms. The van der Waals surface area contributed by atoms with Crippen molar-refractivity contribution in [1.29, 1.82) is 0 Å². The number of benzene rings is 2. The van der Waals surface area contributed by atoms with E-state index in [0.717, 1.165) is 11.8 Å². The molecule has 1 fully saturated rings. The van der Waals surface area contributed by atoms with E-state index >= 15 is 0 Å². The lowest BCUT2D eigenvalue weighted by atomic mass is 10.1. The molecule has 0 unspecified atom stereocenters. The first-order valence-corrected chi connectivity index (χ1v) is 10.1. The van der Waals surface area contributed by atoms with E-state index in [9.17, 15) is 14.9 Å². The summed E-state index contributed by atoms with van der Waals surface area (Å²) in [6, 6.07) is 14.6. The summed E-state index contributed by atoms with van der Waals surface area (Å²) in [5.41, 5.74) is 0.885. The third-order valence-corrected chi connectivity index (χ3v) is 5.52. The number of nitro benzene ring substituents is 1. The number of aliphatic imine (C=N–C) groups is 1. The zero-order valence-corrected chi connectivity index (χ0v) is 17.6. The Balaban J connectivity index is 1.59. The molecule has 1 N–H and O–H groups in total. The van der Waals surface area contributed by atoms with Gasteiger partial charge in [0.05, 0.1) is 22.0 Å². The van der Waals surface area contributed by atoms with Gasteiger partial charge in [0.15, 0.2) is 5.17 Å². The molecule has 4 rings (SSSR count). The molecule has 0 bridgehead atoms. The number of thioether (sulfide) groups is 1. The molecular weight excluding hydrogens is 442 g/mol. The second kappa shape index (κ2) is 8.66. The molecular formula is C21H14ClN3O5S. The fourth-order valence-electron chi connectivity index (χ4n) is 2.83. The van der Waals surface area contributed by atoms with Gasteiger partial charge in [0.1, 0.15) is 23.0 Å². The number of furan rings is 1. The Morgan fingerprint density at radius 1 is 1.23 bits per heavy atom. The van der Waals surface area contributed by atoms with Crippen LogP contribution in [-0.4, -0.2) is 23.1 Å². The first-order chi connectivity index (χ1) is 14.9. The Morgan fingerprint density at radius 2 is 2.03 bits per heavy atom. The maximum absolute atomic E-state index is 12.3. The van der Waals surface area contributed by atoms with Crippen LogP contribution in [0.3, 0.4) is 0 Å². The molecule has 1 amide bonds. The quantitative estimate of drug-likeness (QED) is 0.313. The Labute approximate surface area is 185 Å². The van der Waals surface area contributed by atoms with Crippen molar-refractivity contribution in [2.75, 3.05) is 7.11 Å². The van der Waals surface area contributed by atoms with E-state index in [1.54, 1.807) is 37.5 Å². The highest BCUT2D eigenvalue weighted by molar-refractivity contribution is 8.18. The Morgan fingerprint density at radius 3 is 2.81 bits per heavy atom. The maximum Gasteiger partial charge on any atom is 0.270 e. The minimum absolute atomic E-state index is 0.0985. The molecule has 2 heterocycles. The third kappa shape index (κ3) is 4.47. The predicted octanol–water partition coefficient (Wildman–Crippen LogP) is 5.41. The number of amidine groups is 1. The van der Waals surface area contributed by atoms with Crippen molar-refractivity contribution in [1.82, 2.24) is 5.32 Å². The summed E-state index contributed by atoms with van der Waals surface area (Å²) in [4.78, 5) is 27.7. The summed E-state index contributed by atoms with van der Waals surface area (Å²) in [5.74, 6) is 1.03. The van der Waals surface area contributed by atoms with Crippen LogP contribution in [0.1, 0.15) is 5.76 Å². The average molecular weight is 456 g/mol. The standard InChI is InChI=1S/C21H14ClN3O5S/c1-29-18-5-3-2-4-16(18)23-21-24-20(26)19(31-21)11-13-7-9-17(30-13)14-10-12(25(27)28)6-8-15(14)22/h2-11H,1H3,(H,23,24,26)/b19-11-. The van der Waals surface area contributed by atoms with Crippen LogP contribution in [-0.2, 0) is 4.79 Å². The van der Waals surface area contributed by atoms with E-state index in [4.69, 9.17) is 20.8 Å². The number of nitrogens with one attached hydrogen (secondary N) is 1. The molecule has 0 saturated carbocycles. The molecule has 0 aliphatic carbocycles. The number of non-ortho nitro benzene ring substituents is 1. The molecule has 2 aromatic carbocycles. The van der Waals surface area contributed by atoms with Crippen molar-refractivity contribution in [2.24, 2.45) is 4.99 Å². The predicted molar refractivity (Wildman–Crippen MR) is 120 cm³/mol. The van der Waals surface area contributed by atoms with E-state index in [1.807, 2.05) is 12.1 Å². The van der Waals surface area contributed by atoms with Gasteiger partial charge in [0.25, 0.3) is 11.6 Å². The van der Waals surface area contributed by atoms with Gasteiger partial charge < -0.3 is 14.5 Å². The van der Waals surface area contributed by atoms with Gasteiger partial charge in [-0.05, 0) is 42.1 Å². The Bertz CT molecular complexity index is 1250. The van der Waals surface area contributed by atoms with Gasteiger partial charge >= 0.3 is 0 Å². The number of amides is 1. The van der Waals surface area contributed by atoms with Gasteiger partial charge in [0.2, 0.25) is 0 Å². The number of ether oxygens (including phenoxy) is 1. The van der Waals surface area contributed by atoms with Crippen molar-refractivity contribution >= 4 is 51.9 Å². The Kier molecular flexibility index (Phi) is 5.79. The topological polar surface area (TPSA) is 107 Å². The lowest BCUT2D eigenvalue weighted by molar-refractivity contribution is -0.384. The zero-order chi connectivity index (χ0) is 22.0. The minimum Gasteiger partial charge on any atom is -0.494 e. The highest BCUT2D eigenvalue weighted by Gasteiger charge is 2.25. The van der Waals surface area contributed by atoms with Crippen LogP contribution >= 0.6 is 23.4 Å². The van der Waals surface area contributed by atoms with E-state index in [-0.39, 0.29) is 11.6 Å². The molecule has 1 saturated heterocycles. The Hall–Kier alpha value is -3.56. The second-order valence-electron chi connectivity index (χ2n) is 6.28. The smallest absolute Gasteiger partial charge is 0.270 e. The zero-order valence-electron chi connectivity index (χ0n) is 16.0. The lowest BCUT2D eigenvalue weighted by Gasteiger charge is -2.03. The molecule has 10 heteroatoms. The second-order valence-corrected chi connectivity index (χ2v) is 7.71. The van der Waals surface area contributed by atoms with Crippen LogP contribution < -0.4 is 10.1 Å². The highest BCUT2D eigenvalue weighted by atomic mass is 35.5. The van der Waals surface area contributed by atoms with Crippen molar-refractivity contribution < 1.29 is 18.9 Å². The molecule has 31 heavy (non-hydrogen) atoms. The molecule has 3 aromatic rings. The van der Waals surface area contributed by atoms with Crippen molar-refractivity contribution in [2.45, 2.75) is 0 Å². The molecule has 0 radical (unpaired) electrons. The van der Waals surface area contributed by atoms with Crippen molar-refractivity contribution in [3.8, 4) is 17.1 Å². The van der Waals surface area contributed by atoms with Gasteiger partial charge in [-0.1, -0.05) is 23.7 Å². The van der Waals surface area contributed by atoms with Crippen molar-refractivity contribution in [3.05, 3.63) is 80.4 Å². The van der Waals surface area contributed by atoms with Crippen LogP contribution in [0, 0.1) is 10.1 Å². The highest BCUT2D eigenvalue weighted by Crippen LogP contribution is 2.35. The van der Waals surface area contributed by atoms with E-state index in [0.29, 0.717) is 43.6 Å². The SMILES string of the molecule is COc1ccccc1N=C1NC(=O)/C(=C/c2ccc(-c3cc([N+](=O)[O-])ccc3Cl)o2)S1. The summed E-state index contributed by atoms with van der Waals surface area (Å²) in [6.07, 6.45) is 1.57. The number of carbonyl (C=O) groups is 1.